The summed E-state index contributed by atoms with van der Waals surface area (Å²) in [5, 5.41) is 0. The highest BCUT2D eigenvalue weighted by atomic mass is 32.2. The average molecular weight is 229 g/mol. The normalized spacial score (nSPS) is 38.8. The molecule has 2 fully saturated rings. The van der Waals surface area contributed by atoms with Gasteiger partial charge < -0.3 is 10.5 Å². The number of hydrogen-bond donors (Lipinski definition) is 1. The lowest BCUT2D eigenvalue weighted by Gasteiger charge is -2.34. The fourth-order valence-corrected chi connectivity index (χ4v) is 3.78. The van der Waals surface area contributed by atoms with Gasteiger partial charge in [0.15, 0.2) is 0 Å². The molecule has 2 aliphatic heterocycles. The van der Waals surface area contributed by atoms with Crippen molar-refractivity contribution in [2.75, 3.05) is 18.1 Å². The quantitative estimate of drug-likeness (QED) is 0.710. The van der Waals surface area contributed by atoms with Crippen molar-refractivity contribution in [2.24, 2.45) is 11.1 Å². The van der Waals surface area contributed by atoms with Gasteiger partial charge in [-0.15, -0.1) is 0 Å². The van der Waals surface area contributed by atoms with Crippen molar-refractivity contribution in [3.63, 3.8) is 0 Å². The topological polar surface area (TPSA) is 35.2 Å². The van der Waals surface area contributed by atoms with Gasteiger partial charge in [-0.1, -0.05) is 6.92 Å². The van der Waals surface area contributed by atoms with Crippen LogP contribution in [0.2, 0.25) is 0 Å². The van der Waals surface area contributed by atoms with Crippen LogP contribution in [-0.4, -0.2) is 30.3 Å². The SMILES string of the molecule is CCSCCCC1(CN)CC2CCC1O2. The fraction of sp³-hybridized carbons (Fsp3) is 1.00. The van der Waals surface area contributed by atoms with Crippen molar-refractivity contribution in [3.05, 3.63) is 0 Å². The number of hydrogen-bond acceptors (Lipinski definition) is 3. The highest BCUT2D eigenvalue weighted by Crippen LogP contribution is 2.49. The van der Waals surface area contributed by atoms with Gasteiger partial charge in [0, 0.05) is 12.0 Å². The number of ether oxygens (including phenoxy) is 1. The molecule has 0 spiro atoms. The molecule has 2 aliphatic rings. The summed E-state index contributed by atoms with van der Waals surface area (Å²) in [5.41, 5.74) is 6.33. The number of nitrogens with two attached hydrogens (primary N) is 1. The number of rotatable bonds is 6. The Bertz CT molecular complexity index is 212. The minimum atomic E-state index is 0.344. The third-order valence-electron chi connectivity index (χ3n) is 4.00. The highest BCUT2D eigenvalue weighted by Gasteiger charge is 2.50. The van der Waals surface area contributed by atoms with Crippen molar-refractivity contribution in [3.8, 4) is 0 Å². The van der Waals surface area contributed by atoms with Crippen LogP contribution in [0, 0.1) is 5.41 Å². The Morgan fingerprint density at radius 2 is 2.33 bits per heavy atom. The molecular formula is C12H23NOS. The summed E-state index contributed by atoms with van der Waals surface area (Å²) in [5.74, 6) is 2.52. The van der Waals surface area contributed by atoms with Crippen LogP contribution in [0.4, 0.5) is 0 Å². The molecule has 3 unspecified atom stereocenters. The minimum Gasteiger partial charge on any atom is -0.374 e. The van der Waals surface area contributed by atoms with E-state index >= 15 is 0 Å². The Morgan fingerprint density at radius 1 is 1.47 bits per heavy atom. The van der Waals surface area contributed by atoms with Gasteiger partial charge in [0.2, 0.25) is 0 Å². The van der Waals surface area contributed by atoms with E-state index in [1.807, 2.05) is 11.8 Å². The summed E-state index contributed by atoms with van der Waals surface area (Å²) in [7, 11) is 0. The monoisotopic (exact) mass is 229 g/mol. The lowest BCUT2D eigenvalue weighted by molar-refractivity contribution is 0.0597. The van der Waals surface area contributed by atoms with Gasteiger partial charge in [-0.25, -0.2) is 0 Å². The van der Waals surface area contributed by atoms with E-state index in [1.165, 1.54) is 43.6 Å². The zero-order chi connectivity index (χ0) is 10.7. The molecule has 2 rings (SSSR count). The van der Waals surface area contributed by atoms with Gasteiger partial charge in [-0.2, -0.15) is 11.8 Å². The molecule has 0 aromatic rings. The van der Waals surface area contributed by atoms with Crippen LogP contribution >= 0.6 is 11.8 Å². The molecular weight excluding hydrogens is 206 g/mol. The summed E-state index contributed by atoms with van der Waals surface area (Å²) in [6, 6.07) is 0. The second-order valence-corrected chi connectivity index (χ2v) is 6.29. The van der Waals surface area contributed by atoms with E-state index in [1.54, 1.807) is 0 Å². The van der Waals surface area contributed by atoms with Crippen molar-refractivity contribution in [2.45, 2.75) is 51.2 Å². The summed E-state index contributed by atoms with van der Waals surface area (Å²) in [6.07, 6.45) is 7.36. The average Bonchev–Trinajstić information content (AvgIpc) is 2.85. The van der Waals surface area contributed by atoms with Crippen LogP contribution in [0.15, 0.2) is 0 Å². The van der Waals surface area contributed by atoms with Crippen LogP contribution in [0.25, 0.3) is 0 Å². The molecule has 0 saturated carbocycles. The van der Waals surface area contributed by atoms with Crippen LogP contribution < -0.4 is 5.73 Å². The zero-order valence-corrected chi connectivity index (χ0v) is 10.5. The maximum Gasteiger partial charge on any atom is 0.0649 e. The molecule has 0 aromatic carbocycles. The van der Waals surface area contributed by atoms with E-state index in [2.05, 4.69) is 6.92 Å². The Hall–Kier alpha value is 0.270. The molecule has 0 aromatic heterocycles. The largest absolute Gasteiger partial charge is 0.374 e. The standard InChI is InChI=1S/C12H23NOS/c1-2-15-7-3-6-12(9-13)8-10-4-5-11(12)14-10/h10-11H,2-9,13H2,1H3. The van der Waals surface area contributed by atoms with Gasteiger partial charge in [-0.3, -0.25) is 0 Å². The Kier molecular flexibility index (Phi) is 3.97. The van der Waals surface area contributed by atoms with Gasteiger partial charge in [-0.05, 0) is 43.6 Å². The molecule has 2 heterocycles. The summed E-state index contributed by atoms with van der Waals surface area (Å²) < 4.78 is 5.95. The minimum absolute atomic E-state index is 0.344. The van der Waals surface area contributed by atoms with Gasteiger partial charge >= 0.3 is 0 Å². The molecule has 2 bridgehead atoms. The van der Waals surface area contributed by atoms with E-state index in [-0.39, 0.29) is 0 Å². The van der Waals surface area contributed by atoms with E-state index < -0.39 is 0 Å². The first-order valence-electron chi connectivity index (χ1n) is 6.24. The van der Waals surface area contributed by atoms with Crippen LogP contribution in [-0.2, 0) is 4.74 Å². The van der Waals surface area contributed by atoms with Crippen molar-refractivity contribution >= 4 is 11.8 Å². The zero-order valence-electron chi connectivity index (χ0n) is 9.71. The molecule has 15 heavy (non-hydrogen) atoms. The Balaban J connectivity index is 1.81. The third kappa shape index (κ3) is 2.34. The maximum absolute atomic E-state index is 5.98. The number of fused-ring (bicyclic) bond motifs is 2. The Morgan fingerprint density at radius 3 is 2.87 bits per heavy atom. The van der Waals surface area contributed by atoms with E-state index in [9.17, 15) is 0 Å². The third-order valence-corrected chi connectivity index (χ3v) is 4.98. The molecule has 3 heteroatoms. The van der Waals surface area contributed by atoms with Crippen LogP contribution in [0.1, 0.15) is 39.0 Å². The van der Waals surface area contributed by atoms with Crippen molar-refractivity contribution in [1.29, 1.82) is 0 Å². The smallest absolute Gasteiger partial charge is 0.0649 e. The fourth-order valence-electron chi connectivity index (χ4n) is 3.14. The molecule has 2 saturated heterocycles. The predicted octanol–water partition coefficient (Wildman–Crippen LogP) is 2.42. The molecule has 0 radical (unpaired) electrons. The first-order valence-corrected chi connectivity index (χ1v) is 7.39. The molecule has 88 valence electrons. The molecule has 3 atom stereocenters. The molecule has 2 nitrogen and oxygen atoms in total. The number of thioether (sulfide) groups is 1. The molecule has 0 amide bonds. The van der Waals surface area contributed by atoms with Crippen molar-refractivity contribution in [1.82, 2.24) is 0 Å². The lowest BCUT2D eigenvalue weighted by atomic mass is 9.71. The van der Waals surface area contributed by atoms with Gasteiger partial charge in [0.05, 0.1) is 12.2 Å². The second-order valence-electron chi connectivity index (χ2n) is 4.90. The van der Waals surface area contributed by atoms with Crippen LogP contribution in [0.3, 0.4) is 0 Å². The first-order chi connectivity index (χ1) is 7.30. The molecule has 0 aliphatic carbocycles. The molecule has 2 N–H and O–H groups in total. The summed E-state index contributed by atoms with van der Waals surface area (Å²) in [4.78, 5) is 0. The van der Waals surface area contributed by atoms with Gasteiger partial charge in [0.25, 0.3) is 0 Å². The second kappa shape index (κ2) is 5.07. The maximum atomic E-state index is 5.98. The first kappa shape index (κ1) is 11.7. The van der Waals surface area contributed by atoms with Crippen molar-refractivity contribution < 1.29 is 4.74 Å². The summed E-state index contributed by atoms with van der Waals surface area (Å²) >= 11 is 2.04. The van der Waals surface area contributed by atoms with Gasteiger partial charge in [0.1, 0.15) is 0 Å². The Labute approximate surface area is 97.3 Å². The van der Waals surface area contributed by atoms with E-state index in [0.717, 1.165) is 6.54 Å². The van der Waals surface area contributed by atoms with Crippen LogP contribution in [0.5, 0.6) is 0 Å². The predicted molar refractivity (Wildman–Crippen MR) is 66.2 cm³/mol. The lowest BCUT2D eigenvalue weighted by Crippen LogP contribution is -2.39. The summed E-state index contributed by atoms with van der Waals surface area (Å²) in [6.45, 7) is 3.05. The highest BCUT2D eigenvalue weighted by molar-refractivity contribution is 7.99. The van der Waals surface area contributed by atoms with E-state index in [4.69, 9.17) is 10.5 Å². The van der Waals surface area contributed by atoms with E-state index in [0.29, 0.717) is 17.6 Å².